The van der Waals surface area contributed by atoms with Gasteiger partial charge in [0.1, 0.15) is 0 Å². The highest BCUT2D eigenvalue weighted by Gasteiger charge is 2.33. The summed E-state index contributed by atoms with van der Waals surface area (Å²) in [7, 11) is 3.00. The van der Waals surface area contributed by atoms with Crippen molar-refractivity contribution >= 4 is 39.9 Å². The van der Waals surface area contributed by atoms with Crippen LogP contribution in [0.4, 0.5) is 5.13 Å². The van der Waals surface area contributed by atoms with Crippen molar-refractivity contribution in [3.05, 3.63) is 27.2 Å². The lowest BCUT2D eigenvalue weighted by Crippen LogP contribution is -2.55. The van der Waals surface area contributed by atoms with E-state index in [0.29, 0.717) is 31.1 Å². The maximum Gasteiger partial charge on any atom is 0.311 e. The number of aromatic amines is 1. The van der Waals surface area contributed by atoms with Gasteiger partial charge >= 0.3 is 5.97 Å². The molecule has 1 saturated heterocycles. The van der Waals surface area contributed by atoms with Crippen LogP contribution in [0.1, 0.15) is 40.2 Å². The third kappa shape index (κ3) is 4.93. The van der Waals surface area contributed by atoms with E-state index in [9.17, 15) is 9.59 Å². The van der Waals surface area contributed by atoms with E-state index >= 15 is 0 Å². The number of nitrogens with one attached hydrogen (secondary N) is 2. The molecule has 2 N–H and O–H groups in total. The maximum absolute atomic E-state index is 12.6. The van der Waals surface area contributed by atoms with Crippen LogP contribution in [0.5, 0.6) is 0 Å². The summed E-state index contributed by atoms with van der Waals surface area (Å²) in [5.74, 6) is -0.407. The zero-order valence-electron chi connectivity index (χ0n) is 17.5. The van der Waals surface area contributed by atoms with E-state index < -0.39 is 0 Å². The number of anilines is 1. The van der Waals surface area contributed by atoms with E-state index in [2.05, 4.69) is 25.2 Å². The number of H-pyrrole nitrogens is 1. The molecule has 164 valence electrons. The first-order valence-corrected chi connectivity index (χ1v) is 10.9. The molecule has 9 nitrogen and oxygen atoms in total. The van der Waals surface area contributed by atoms with E-state index in [0.717, 1.165) is 21.4 Å². The summed E-state index contributed by atoms with van der Waals surface area (Å²) in [6.45, 7) is 5.16. The maximum atomic E-state index is 12.6. The SMILES string of the molecule is CCc1[nH]c(C(=O)N[C@@H]2CCN(c3nc(CC(=O)OC)c(C)s3)C[C@@H]2OC)nc1Cl. The van der Waals surface area contributed by atoms with Gasteiger partial charge in [-0.05, 0) is 19.8 Å². The Morgan fingerprint density at radius 3 is 2.77 bits per heavy atom. The number of nitrogens with zero attached hydrogens (tertiary/aromatic N) is 3. The number of methoxy groups -OCH3 is 2. The third-order valence-electron chi connectivity index (χ3n) is 5.17. The molecule has 0 bridgehead atoms. The number of carbonyl (C=O) groups excluding carboxylic acids is 2. The molecule has 3 heterocycles. The summed E-state index contributed by atoms with van der Waals surface area (Å²) >= 11 is 7.58. The van der Waals surface area contributed by atoms with E-state index in [1.165, 1.54) is 18.4 Å². The Hall–Kier alpha value is -2.17. The number of hydrogen-bond acceptors (Lipinski definition) is 8. The first kappa shape index (κ1) is 22.5. The summed E-state index contributed by atoms with van der Waals surface area (Å²) in [6.07, 6.45) is 1.30. The Kier molecular flexibility index (Phi) is 7.32. The van der Waals surface area contributed by atoms with Gasteiger partial charge in [-0.3, -0.25) is 9.59 Å². The predicted molar refractivity (Wildman–Crippen MR) is 114 cm³/mol. The topological polar surface area (TPSA) is 109 Å². The Balaban J connectivity index is 1.65. The molecule has 30 heavy (non-hydrogen) atoms. The zero-order valence-corrected chi connectivity index (χ0v) is 19.0. The molecule has 11 heteroatoms. The van der Waals surface area contributed by atoms with Crippen molar-refractivity contribution < 1.29 is 19.1 Å². The molecule has 2 aromatic rings. The van der Waals surface area contributed by atoms with Gasteiger partial charge < -0.3 is 24.7 Å². The van der Waals surface area contributed by atoms with Crippen LogP contribution in [-0.4, -0.2) is 66.3 Å². The monoisotopic (exact) mass is 455 g/mol. The van der Waals surface area contributed by atoms with Crippen LogP contribution in [-0.2, 0) is 27.1 Å². The Bertz CT molecular complexity index is 915. The van der Waals surface area contributed by atoms with Crippen molar-refractivity contribution in [1.29, 1.82) is 0 Å². The van der Waals surface area contributed by atoms with Crippen LogP contribution in [0.2, 0.25) is 5.15 Å². The molecule has 1 aliphatic rings. The minimum Gasteiger partial charge on any atom is -0.469 e. The highest BCUT2D eigenvalue weighted by molar-refractivity contribution is 7.15. The number of piperidine rings is 1. The number of imidazole rings is 1. The number of aromatic nitrogens is 3. The first-order valence-electron chi connectivity index (χ1n) is 9.72. The van der Waals surface area contributed by atoms with Crippen LogP contribution >= 0.6 is 22.9 Å². The number of rotatable bonds is 7. The molecule has 1 fully saturated rings. The van der Waals surface area contributed by atoms with Crippen molar-refractivity contribution in [3.63, 3.8) is 0 Å². The molecular weight excluding hydrogens is 430 g/mol. The number of halogens is 1. The minimum atomic E-state index is -0.310. The summed E-state index contributed by atoms with van der Waals surface area (Å²) in [5, 5.41) is 4.16. The summed E-state index contributed by atoms with van der Waals surface area (Å²) in [4.78, 5) is 39.0. The third-order valence-corrected chi connectivity index (χ3v) is 6.55. The van der Waals surface area contributed by atoms with Crippen LogP contribution in [0.25, 0.3) is 0 Å². The number of carbonyl (C=O) groups is 2. The lowest BCUT2D eigenvalue weighted by Gasteiger charge is -2.37. The summed E-state index contributed by atoms with van der Waals surface area (Å²) in [6, 6.07) is -0.164. The van der Waals surface area contributed by atoms with Gasteiger partial charge in [-0.15, -0.1) is 11.3 Å². The number of amides is 1. The molecule has 0 saturated carbocycles. The lowest BCUT2D eigenvalue weighted by atomic mass is 10.0. The van der Waals surface area contributed by atoms with Crippen molar-refractivity contribution in [2.75, 3.05) is 32.2 Å². The fourth-order valence-corrected chi connectivity index (χ4v) is 4.61. The standard InChI is InChI=1S/C19H26ClN5O4S/c1-5-11-16(20)24-17(21-11)18(27)22-12-6-7-25(9-14(12)28-3)19-23-13(10(2)30-19)8-15(26)29-4/h12,14H,5-9H2,1-4H3,(H,21,24)(H,22,27)/t12-,14+/m1/s1. The number of thiazole rings is 1. The lowest BCUT2D eigenvalue weighted by molar-refractivity contribution is -0.139. The van der Waals surface area contributed by atoms with Gasteiger partial charge in [-0.2, -0.15) is 0 Å². The van der Waals surface area contributed by atoms with Gasteiger partial charge in [0.2, 0.25) is 0 Å². The molecule has 1 amide bonds. The number of aryl methyl sites for hydroxylation is 2. The number of hydrogen-bond donors (Lipinski definition) is 2. The highest BCUT2D eigenvalue weighted by atomic mass is 35.5. The fourth-order valence-electron chi connectivity index (χ4n) is 3.38. The minimum absolute atomic E-state index is 0.157. The predicted octanol–water partition coefficient (Wildman–Crippen LogP) is 2.13. The fraction of sp³-hybridized carbons (Fsp3) is 0.579. The van der Waals surface area contributed by atoms with Crippen molar-refractivity contribution in [2.24, 2.45) is 0 Å². The summed E-state index contributed by atoms with van der Waals surface area (Å²) < 4.78 is 10.4. The molecule has 0 unspecified atom stereocenters. The second-order valence-electron chi connectivity index (χ2n) is 7.05. The van der Waals surface area contributed by atoms with E-state index in [4.69, 9.17) is 21.1 Å². The molecule has 0 radical (unpaired) electrons. The smallest absolute Gasteiger partial charge is 0.311 e. The molecule has 2 aromatic heterocycles. The largest absolute Gasteiger partial charge is 0.469 e. The van der Waals surface area contributed by atoms with E-state index in [1.807, 2.05) is 13.8 Å². The first-order chi connectivity index (χ1) is 14.4. The van der Waals surface area contributed by atoms with Gasteiger partial charge in [-0.1, -0.05) is 18.5 Å². The molecule has 2 atom stereocenters. The Labute approximate surface area is 184 Å². The van der Waals surface area contributed by atoms with Crippen molar-refractivity contribution in [1.82, 2.24) is 20.3 Å². The van der Waals surface area contributed by atoms with Crippen molar-refractivity contribution in [3.8, 4) is 0 Å². The van der Waals surface area contributed by atoms with Crippen LogP contribution in [0.15, 0.2) is 0 Å². The Morgan fingerprint density at radius 2 is 2.13 bits per heavy atom. The van der Waals surface area contributed by atoms with Crippen LogP contribution in [0, 0.1) is 6.92 Å². The van der Waals surface area contributed by atoms with Gasteiger partial charge in [0, 0.05) is 25.1 Å². The molecule has 0 aromatic carbocycles. The molecule has 1 aliphatic heterocycles. The normalized spacial score (nSPS) is 19.0. The van der Waals surface area contributed by atoms with Crippen LogP contribution in [0.3, 0.4) is 0 Å². The molecule has 3 rings (SSSR count). The average molecular weight is 456 g/mol. The summed E-state index contributed by atoms with van der Waals surface area (Å²) in [5.41, 5.74) is 1.47. The van der Waals surface area contributed by atoms with E-state index in [-0.39, 0.29) is 36.3 Å². The second kappa shape index (κ2) is 9.76. The average Bonchev–Trinajstić information content (AvgIpc) is 3.30. The van der Waals surface area contributed by atoms with E-state index in [1.54, 1.807) is 7.11 Å². The molecular formula is C19H26ClN5O4S. The zero-order chi connectivity index (χ0) is 21.8. The quantitative estimate of drug-likeness (QED) is 0.615. The van der Waals surface area contributed by atoms with Gasteiger partial charge in [-0.25, -0.2) is 9.97 Å². The van der Waals surface area contributed by atoms with Gasteiger partial charge in [0.25, 0.3) is 5.91 Å². The highest BCUT2D eigenvalue weighted by Crippen LogP contribution is 2.29. The molecule has 0 spiro atoms. The number of esters is 1. The molecule has 0 aliphatic carbocycles. The Morgan fingerprint density at radius 1 is 1.37 bits per heavy atom. The van der Waals surface area contributed by atoms with Gasteiger partial charge in [0.05, 0.1) is 37.1 Å². The van der Waals surface area contributed by atoms with Crippen LogP contribution < -0.4 is 10.2 Å². The number of ether oxygens (including phenoxy) is 2. The second-order valence-corrected chi connectivity index (χ2v) is 8.59. The van der Waals surface area contributed by atoms with Gasteiger partial charge in [0.15, 0.2) is 16.1 Å². The van der Waals surface area contributed by atoms with Crippen molar-refractivity contribution in [2.45, 2.75) is 45.3 Å².